The molecule has 0 aliphatic heterocycles. The first-order valence-corrected chi connectivity index (χ1v) is 4.63. The second-order valence-corrected chi connectivity index (χ2v) is 3.77. The number of ether oxygens (including phenoxy) is 1. The summed E-state index contributed by atoms with van der Waals surface area (Å²) in [7, 11) is 1.65. The maximum atomic E-state index is 5.09. The van der Waals surface area contributed by atoms with Crippen molar-refractivity contribution in [1.82, 2.24) is 4.98 Å². The standard InChI is InChI=1S/C11H17NO/c1-8(2)5-10-6-9(3)11(13-4)12-7-10/h6-8H,5H2,1-4H3. The lowest BCUT2D eigenvalue weighted by Gasteiger charge is -2.07. The Bertz CT molecular complexity index is 281. The predicted octanol–water partition coefficient (Wildman–Crippen LogP) is 2.60. The molecule has 0 radical (unpaired) electrons. The summed E-state index contributed by atoms with van der Waals surface area (Å²) in [6.07, 6.45) is 2.98. The Morgan fingerprint density at radius 1 is 1.46 bits per heavy atom. The van der Waals surface area contributed by atoms with Crippen LogP contribution in [0.25, 0.3) is 0 Å². The molecule has 0 aliphatic carbocycles. The molecule has 1 aromatic rings. The van der Waals surface area contributed by atoms with Gasteiger partial charge in [0.2, 0.25) is 5.88 Å². The minimum atomic E-state index is 0.676. The van der Waals surface area contributed by atoms with Gasteiger partial charge in [0.15, 0.2) is 0 Å². The van der Waals surface area contributed by atoms with Crippen LogP contribution in [0.5, 0.6) is 5.88 Å². The van der Waals surface area contributed by atoms with Gasteiger partial charge in [0, 0.05) is 11.8 Å². The first-order valence-electron chi connectivity index (χ1n) is 4.63. The molecule has 0 fully saturated rings. The number of rotatable bonds is 3. The molecule has 0 saturated heterocycles. The molecule has 0 amide bonds. The smallest absolute Gasteiger partial charge is 0.215 e. The molecule has 0 spiro atoms. The minimum Gasteiger partial charge on any atom is -0.481 e. The van der Waals surface area contributed by atoms with Crippen molar-refractivity contribution in [1.29, 1.82) is 0 Å². The predicted molar refractivity (Wildman–Crippen MR) is 54.1 cm³/mol. The summed E-state index contributed by atoms with van der Waals surface area (Å²) in [5, 5.41) is 0. The van der Waals surface area contributed by atoms with E-state index in [-0.39, 0.29) is 0 Å². The lowest BCUT2D eigenvalue weighted by molar-refractivity contribution is 0.394. The van der Waals surface area contributed by atoms with E-state index in [9.17, 15) is 0 Å². The summed E-state index contributed by atoms with van der Waals surface area (Å²) in [5.74, 6) is 1.40. The van der Waals surface area contributed by atoms with Crippen molar-refractivity contribution < 1.29 is 4.74 Å². The molecule has 1 rings (SSSR count). The monoisotopic (exact) mass is 179 g/mol. The molecule has 13 heavy (non-hydrogen) atoms. The second kappa shape index (κ2) is 4.26. The highest BCUT2D eigenvalue weighted by atomic mass is 16.5. The van der Waals surface area contributed by atoms with Crippen molar-refractivity contribution in [2.45, 2.75) is 27.2 Å². The third kappa shape index (κ3) is 2.72. The van der Waals surface area contributed by atoms with Gasteiger partial charge >= 0.3 is 0 Å². The minimum absolute atomic E-state index is 0.676. The fraction of sp³-hybridized carbons (Fsp3) is 0.545. The number of hydrogen-bond acceptors (Lipinski definition) is 2. The van der Waals surface area contributed by atoms with Crippen molar-refractivity contribution in [3.63, 3.8) is 0 Å². The Kier molecular flexibility index (Phi) is 3.29. The van der Waals surface area contributed by atoms with Crippen LogP contribution in [0, 0.1) is 12.8 Å². The summed E-state index contributed by atoms with van der Waals surface area (Å²) in [6.45, 7) is 6.44. The van der Waals surface area contributed by atoms with E-state index in [1.54, 1.807) is 7.11 Å². The largest absolute Gasteiger partial charge is 0.481 e. The van der Waals surface area contributed by atoms with Gasteiger partial charge < -0.3 is 4.74 Å². The maximum absolute atomic E-state index is 5.09. The molecule has 2 nitrogen and oxygen atoms in total. The number of nitrogens with zero attached hydrogens (tertiary/aromatic N) is 1. The van der Waals surface area contributed by atoms with E-state index in [2.05, 4.69) is 24.9 Å². The topological polar surface area (TPSA) is 22.1 Å². The van der Waals surface area contributed by atoms with Crippen molar-refractivity contribution >= 4 is 0 Å². The van der Waals surface area contributed by atoms with E-state index in [0.717, 1.165) is 17.9 Å². The zero-order chi connectivity index (χ0) is 9.84. The van der Waals surface area contributed by atoms with Crippen LogP contribution in [0.4, 0.5) is 0 Å². The molecule has 0 aromatic carbocycles. The fourth-order valence-corrected chi connectivity index (χ4v) is 1.42. The SMILES string of the molecule is COc1ncc(CC(C)C)cc1C. The maximum Gasteiger partial charge on any atom is 0.215 e. The summed E-state index contributed by atoms with van der Waals surface area (Å²) in [4.78, 5) is 4.23. The highest BCUT2D eigenvalue weighted by Gasteiger charge is 2.02. The third-order valence-corrected chi connectivity index (χ3v) is 1.92. The van der Waals surface area contributed by atoms with Crippen LogP contribution < -0.4 is 4.74 Å². The lowest BCUT2D eigenvalue weighted by Crippen LogP contribution is -1.97. The Hall–Kier alpha value is -1.05. The normalized spacial score (nSPS) is 10.5. The molecule has 72 valence electrons. The van der Waals surface area contributed by atoms with Crippen LogP contribution in [-0.4, -0.2) is 12.1 Å². The van der Waals surface area contributed by atoms with Gasteiger partial charge in [-0.15, -0.1) is 0 Å². The van der Waals surface area contributed by atoms with Gasteiger partial charge in [-0.3, -0.25) is 0 Å². The molecule has 1 heterocycles. The van der Waals surface area contributed by atoms with Crippen molar-refractivity contribution in [3.05, 3.63) is 23.4 Å². The third-order valence-electron chi connectivity index (χ3n) is 1.92. The van der Waals surface area contributed by atoms with E-state index in [1.807, 2.05) is 13.1 Å². The molecule has 0 N–H and O–H groups in total. The van der Waals surface area contributed by atoms with Gasteiger partial charge in [-0.05, 0) is 30.9 Å². The molecule has 1 aromatic heterocycles. The van der Waals surface area contributed by atoms with E-state index < -0.39 is 0 Å². The van der Waals surface area contributed by atoms with Gasteiger partial charge in [0.1, 0.15) is 0 Å². The van der Waals surface area contributed by atoms with E-state index in [4.69, 9.17) is 4.74 Å². The van der Waals surface area contributed by atoms with Gasteiger partial charge in [-0.1, -0.05) is 13.8 Å². The van der Waals surface area contributed by atoms with Crippen LogP contribution in [0.1, 0.15) is 25.0 Å². The molecule has 0 aliphatic rings. The average molecular weight is 179 g/mol. The zero-order valence-electron chi connectivity index (χ0n) is 8.79. The fourth-order valence-electron chi connectivity index (χ4n) is 1.42. The van der Waals surface area contributed by atoms with Crippen LogP contribution in [0.15, 0.2) is 12.3 Å². The van der Waals surface area contributed by atoms with Gasteiger partial charge in [-0.2, -0.15) is 0 Å². The molecule has 0 unspecified atom stereocenters. The first kappa shape index (κ1) is 10.0. The quantitative estimate of drug-likeness (QED) is 0.711. The Morgan fingerprint density at radius 2 is 2.15 bits per heavy atom. The molecule has 0 saturated carbocycles. The van der Waals surface area contributed by atoms with Gasteiger partial charge in [0.05, 0.1) is 7.11 Å². The van der Waals surface area contributed by atoms with Gasteiger partial charge in [-0.25, -0.2) is 4.98 Å². The Balaban J connectivity index is 2.83. The summed E-state index contributed by atoms with van der Waals surface area (Å²) >= 11 is 0. The zero-order valence-corrected chi connectivity index (χ0v) is 8.79. The first-order chi connectivity index (χ1) is 6.13. The summed E-state index contributed by atoms with van der Waals surface area (Å²) in [5.41, 5.74) is 2.40. The molecule has 2 heteroatoms. The van der Waals surface area contributed by atoms with E-state index in [1.165, 1.54) is 5.56 Å². The van der Waals surface area contributed by atoms with Crippen molar-refractivity contribution in [3.8, 4) is 5.88 Å². The molecular weight excluding hydrogens is 162 g/mol. The van der Waals surface area contributed by atoms with Crippen LogP contribution in [0.2, 0.25) is 0 Å². The molecule has 0 bridgehead atoms. The van der Waals surface area contributed by atoms with Crippen molar-refractivity contribution in [2.75, 3.05) is 7.11 Å². The van der Waals surface area contributed by atoms with E-state index in [0.29, 0.717) is 5.92 Å². The van der Waals surface area contributed by atoms with Crippen LogP contribution in [0.3, 0.4) is 0 Å². The number of aromatic nitrogens is 1. The number of pyridine rings is 1. The Labute approximate surface area is 80.0 Å². The number of hydrogen-bond donors (Lipinski definition) is 0. The average Bonchev–Trinajstić information content (AvgIpc) is 2.03. The number of aryl methyl sites for hydroxylation is 1. The molecule has 0 atom stereocenters. The second-order valence-electron chi connectivity index (χ2n) is 3.77. The van der Waals surface area contributed by atoms with Crippen LogP contribution in [-0.2, 0) is 6.42 Å². The highest BCUT2D eigenvalue weighted by molar-refractivity contribution is 5.28. The van der Waals surface area contributed by atoms with Crippen molar-refractivity contribution in [2.24, 2.45) is 5.92 Å². The summed E-state index contributed by atoms with van der Waals surface area (Å²) < 4.78 is 5.09. The number of methoxy groups -OCH3 is 1. The van der Waals surface area contributed by atoms with Gasteiger partial charge in [0.25, 0.3) is 0 Å². The van der Waals surface area contributed by atoms with Crippen LogP contribution >= 0.6 is 0 Å². The lowest BCUT2D eigenvalue weighted by atomic mass is 10.0. The highest BCUT2D eigenvalue weighted by Crippen LogP contribution is 2.16. The van der Waals surface area contributed by atoms with E-state index >= 15 is 0 Å². The Morgan fingerprint density at radius 3 is 2.62 bits per heavy atom. The summed E-state index contributed by atoms with van der Waals surface area (Å²) in [6, 6.07) is 2.14. The molecular formula is C11H17NO.